The summed E-state index contributed by atoms with van der Waals surface area (Å²) in [6.07, 6.45) is 0. The summed E-state index contributed by atoms with van der Waals surface area (Å²) in [5, 5.41) is 2.61. The van der Waals surface area contributed by atoms with Crippen LogP contribution >= 0.6 is 23.1 Å². The van der Waals surface area contributed by atoms with Gasteiger partial charge in [0.1, 0.15) is 0 Å². The minimum absolute atomic E-state index is 0.622. The number of hydrogen-bond donors (Lipinski definition) is 1. The smallest absolute Gasteiger partial charge is 0.180 e. The van der Waals surface area contributed by atoms with Crippen molar-refractivity contribution in [1.82, 2.24) is 4.98 Å². The van der Waals surface area contributed by atoms with E-state index < -0.39 is 0 Å². The fourth-order valence-corrected chi connectivity index (χ4v) is 2.54. The summed E-state index contributed by atoms with van der Waals surface area (Å²) in [5.74, 6) is 1.10. The van der Waals surface area contributed by atoms with Crippen LogP contribution < -0.4 is 5.73 Å². The average Bonchev–Trinajstić information content (AvgIpc) is 2.67. The molecule has 0 radical (unpaired) electrons. The molecule has 0 saturated carbocycles. The highest BCUT2D eigenvalue weighted by Crippen LogP contribution is 2.25. The minimum atomic E-state index is 0.622. The van der Waals surface area contributed by atoms with Gasteiger partial charge >= 0.3 is 0 Å². The molecular weight excluding hydrogens is 224 g/mol. The Morgan fingerprint density at radius 2 is 2.07 bits per heavy atom. The molecule has 2 rings (SSSR count). The largest absolute Gasteiger partial charge is 0.375 e. The Morgan fingerprint density at radius 1 is 1.33 bits per heavy atom. The van der Waals surface area contributed by atoms with Crippen LogP contribution in [0.2, 0.25) is 0 Å². The van der Waals surface area contributed by atoms with E-state index in [0.717, 1.165) is 17.0 Å². The minimum Gasteiger partial charge on any atom is -0.375 e. The summed E-state index contributed by atoms with van der Waals surface area (Å²) >= 11 is 3.32. The Labute approximate surface area is 97.5 Å². The van der Waals surface area contributed by atoms with E-state index in [2.05, 4.69) is 36.2 Å². The normalized spacial score (nSPS) is 10.5. The maximum Gasteiger partial charge on any atom is 0.180 e. The van der Waals surface area contributed by atoms with Crippen molar-refractivity contribution >= 4 is 28.2 Å². The van der Waals surface area contributed by atoms with E-state index in [1.165, 1.54) is 16.2 Å². The molecule has 1 aromatic carbocycles. The molecule has 1 aromatic heterocycles. The van der Waals surface area contributed by atoms with Crippen LogP contribution in [0.15, 0.2) is 34.5 Å². The molecule has 2 aromatic rings. The van der Waals surface area contributed by atoms with Gasteiger partial charge in [-0.15, -0.1) is 23.1 Å². The molecule has 0 aliphatic rings. The molecular formula is C11H12N2S2. The van der Waals surface area contributed by atoms with Crippen molar-refractivity contribution < 1.29 is 0 Å². The summed E-state index contributed by atoms with van der Waals surface area (Å²) in [6, 6.07) is 8.43. The molecule has 0 saturated heterocycles. The molecule has 0 atom stereocenters. The van der Waals surface area contributed by atoms with E-state index in [9.17, 15) is 0 Å². The van der Waals surface area contributed by atoms with Gasteiger partial charge in [0.05, 0.1) is 5.69 Å². The fourth-order valence-electron chi connectivity index (χ4n) is 1.31. The van der Waals surface area contributed by atoms with Gasteiger partial charge in [-0.3, -0.25) is 0 Å². The van der Waals surface area contributed by atoms with E-state index >= 15 is 0 Å². The second-order valence-corrected chi connectivity index (χ2v) is 5.26. The number of nitrogens with zero attached hydrogens (tertiary/aromatic N) is 1. The Morgan fingerprint density at radius 3 is 2.60 bits per heavy atom. The van der Waals surface area contributed by atoms with E-state index in [1.54, 1.807) is 0 Å². The third kappa shape index (κ3) is 2.52. The molecule has 0 spiro atoms. The molecule has 1 heterocycles. The average molecular weight is 236 g/mol. The second-order valence-electron chi connectivity index (χ2n) is 3.03. The number of thiazole rings is 1. The highest BCUT2D eigenvalue weighted by molar-refractivity contribution is 7.99. The first-order chi connectivity index (χ1) is 7.29. The Balaban J connectivity index is 2.23. The van der Waals surface area contributed by atoms with Crippen molar-refractivity contribution in [3.05, 3.63) is 29.6 Å². The van der Waals surface area contributed by atoms with Gasteiger partial charge in [0, 0.05) is 15.8 Å². The summed E-state index contributed by atoms with van der Waals surface area (Å²) in [5.41, 5.74) is 7.69. The summed E-state index contributed by atoms with van der Waals surface area (Å²) in [6.45, 7) is 2.15. The predicted octanol–water partition coefficient (Wildman–Crippen LogP) is 3.50. The van der Waals surface area contributed by atoms with Gasteiger partial charge < -0.3 is 5.73 Å². The zero-order chi connectivity index (χ0) is 10.7. The van der Waals surface area contributed by atoms with Crippen LogP contribution in [0.5, 0.6) is 0 Å². The van der Waals surface area contributed by atoms with Gasteiger partial charge in [-0.2, -0.15) is 0 Å². The molecule has 0 amide bonds. The zero-order valence-corrected chi connectivity index (χ0v) is 10.1. The van der Waals surface area contributed by atoms with Crippen LogP contribution in [0.25, 0.3) is 11.3 Å². The zero-order valence-electron chi connectivity index (χ0n) is 8.43. The molecule has 15 heavy (non-hydrogen) atoms. The Kier molecular flexibility index (Phi) is 3.28. The lowest BCUT2D eigenvalue weighted by Gasteiger charge is -1.99. The lowest BCUT2D eigenvalue weighted by molar-refractivity contribution is 1.38. The number of benzene rings is 1. The highest BCUT2D eigenvalue weighted by Gasteiger charge is 2.01. The number of anilines is 1. The molecule has 0 bridgehead atoms. The molecule has 0 unspecified atom stereocenters. The van der Waals surface area contributed by atoms with Gasteiger partial charge in [-0.25, -0.2) is 4.98 Å². The number of hydrogen-bond acceptors (Lipinski definition) is 4. The third-order valence-electron chi connectivity index (χ3n) is 1.98. The molecule has 2 nitrogen and oxygen atoms in total. The topological polar surface area (TPSA) is 38.9 Å². The Hall–Kier alpha value is -1.00. The molecule has 0 aliphatic carbocycles. The summed E-state index contributed by atoms with van der Waals surface area (Å²) < 4.78 is 0. The number of nitrogens with two attached hydrogens (primary N) is 1. The molecule has 0 aliphatic heterocycles. The van der Waals surface area contributed by atoms with Gasteiger partial charge in [0.2, 0.25) is 0 Å². The molecule has 2 N–H and O–H groups in total. The van der Waals surface area contributed by atoms with Crippen LogP contribution in [0.1, 0.15) is 6.92 Å². The summed E-state index contributed by atoms with van der Waals surface area (Å²) in [4.78, 5) is 5.54. The maximum absolute atomic E-state index is 5.60. The van der Waals surface area contributed by atoms with Crippen LogP contribution in [-0.4, -0.2) is 10.7 Å². The monoisotopic (exact) mass is 236 g/mol. The molecule has 78 valence electrons. The van der Waals surface area contributed by atoms with Crippen molar-refractivity contribution in [2.24, 2.45) is 0 Å². The first-order valence-electron chi connectivity index (χ1n) is 4.74. The van der Waals surface area contributed by atoms with Crippen LogP contribution in [0.4, 0.5) is 5.13 Å². The van der Waals surface area contributed by atoms with Gasteiger partial charge in [0.25, 0.3) is 0 Å². The Bertz CT molecular complexity index is 434. The number of thioether (sulfide) groups is 1. The van der Waals surface area contributed by atoms with E-state index in [0.29, 0.717) is 5.13 Å². The predicted molar refractivity (Wildman–Crippen MR) is 68.4 cm³/mol. The lowest BCUT2D eigenvalue weighted by atomic mass is 10.2. The van der Waals surface area contributed by atoms with E-state index in [4.69, 9.17) is 5.73 Å². The van der Waals surface area contributed by atoms with Gasteiger partial charge in [-0.1, -0.05) is 19.1 Å². The SMILES string of the molecule is CCSc1ccc(-c2csc(N)n2)cc1. The highest BCUT2D eigenvalue weighted by atomic mass is 32.2. The summed E-state index contributed by atoms with van der Waals surface area (Å²) in [7, 11) is 0. The van der Waals surface area contributed by atoms with Crippen LogP contribution in [-0.2, 0) is 0 Å². The molecule has 0 fully saturated rings. The third-order valence-corrected chi connectivity index (χ3v) is 3.55. The van der Waals surface area contributed by atoms with Crippen LogP contribution in [0.3, 0.4) is 0 Å². The molecule has 4 heteroatoms. The lowest BCUT2D eigenvalue weighted by Crippen LogP contribution is -1.83. The number of nitrogen functional groups attached to an aromatic ring is 1. The van der Waals surface area contributed by atoms with Crippen molar-refractivity contribution in [1.29, 1.82) is 0 Å². The van der Waals surface area contributed by atoms with Crippen molar-refractivity contribution in [3.8, 4) is 11.3 Å². The first kappa shape index (κ1) is 10.5. The van der Waals surface area contributed by atoms with Gasteiger partial charge in [0.15, 0.2) is 5.13 Å². The number of rotatable bonds is 3. The fraction of sp³-hybridized carbons (Fsp3) is 0.182. The van der Waals surface area contributed by atoms with Crippen molar-refractivity contribution in [2.45, 2.75) is 11.8 Å². The van der Waals surface area contributed by atoms with Gasteiger partial charge in [-0.05, 0) is 17.9 Å². The quantitative estimate of drug-likeness (QED) is 0.829. The first-order valence-corrected chi connectivity index (χ1v) is 6.60. The van der Waals surface area contributed by atoms with Crippen LogP contribution in [0, 0.1) is 0 Å². The van der Waals surface area contributed by atoms with E-state index in [-0.39, 0.29) is 0 Å². The number of aromatic nitrogens is 1. The van der Waals surface area contributed by atoms with Crippen molar-refractivity contribution in [3.63, 3.8) is 0 Å². The van der Waals surface area contributed by atoms with E-state index in [1.807, 2.05) is 17.1 Å². The standard InChI is InChI=1S/C11H12N2S2/c1-2-14-9-5-3-8(4-6-9)10-7-15-11(12)13-10/h3-7H,2H2,1H3,(H2,12,13). The van der Waals surface area contributed by atoms with Crippen molar-refractivity contribution in [2.75, 3.05) is 11.5 Å². The maximum atomic E-state index is 5.60. The second kappa shape index (κ2) is 4.68.